The summed E-state index contributed by atoms with van der Waals surface area (Å²) in [5, 5.41) is 11.5. The first-order valence-corrected chi connectivity index (χ1v) is 4.46. The van der Waals surface area contributed by atoms with Crippen LogP contribution in [0.15, 0.2) is 16.7 Å². The van der Waals surface area contributed by atoms with Crippen molar-refractivity contribution in [3.8, 4) is 11.4 Å². The zero-order chi connectivity index (χ0) is 13.3. The molecule has 2 aromatic rings. The summed E-state index contributed by atoms with van der Waals surface area (Å²) in [5.74, 6) is -6.51. The SMILES string of the molecule is O=C(NO)c1nc(-c2cc(F)c(F)c(F)c2)no1. The van der Waals surface area contributed by atoms with Gasteiger partial charge in [0.25, 0.3) is 0 Å². The van der Waals surface area contributed by atoms with Gasteiger partial charge >= 0.3 is 11.8 Å². The van der Waals surface area contributed by atoms with Gasteiger partial charge in [-0.15, -0.1) is 0 Å². The van der Waals surface area contributed by atoms with Crippen molar-refractivity contribution < 1.29 is 27.7 Å². The summed E-state index contributed by atoms with van der Waals surface area (Å²) in [6.07, 6.45) is 0. The highest BCUT2D eigenvalue weighted by Gasteiger charge is 2.18. The molecule has 1 aromatic heterocycles. The predicted octanol–water partition coefficient (Wildman–Crippen LogP) is 1.27. The third-order valence-electron chi connectivity index (χ3n) is 1.96. The maximum atomic E-state index is 12.9. The van der Waals surface area contributed by atoms with Gasteiger partial charge in [-0.05, 0) is 12.1 Å². The highest BCUT2D eigenvalue weighted by Crippen LogP contribution is 2.21. The summed E-state index contributed by atoms with van der Waals surface area (Å²) in [4.78, 5) is 14.3. The van der Waals surface area contributed by atoms with E-state index in [1.54, 1.807) is 0 Å². The van der Waals surface area contributed by atoms with E-state index in [0.717, 1.165) is 0 Å². The van der Waals surface area contributed by atoms with Crippen molar-refractivity contribution in [2.45, 2.75) is 0 Å². The second-order valence-corrected chi connectivity index (χ2v) is 3.12. The van der Waals surface area contributed by atoms with Crippen LogP contribution in [0.3, 0.4) is 0 Å². The molecule has 18 heavy (non-hydrogen) atoms. The molecule has 0 saturated heterocycles. The van der Waals surface area contributed by atoms with Crippen molar-refractivity contribution in [1.29, 1.82) is 0 Å². The van der Waals surface area contributed by atoms with Gasteiger partial charge in [0.1, 0.15) is 0 Å². The number of hydrogen-bond acceptors (Lipinski definition) is 5. The van der Waals surface area contributed by atoms with E-state index >= 15 is 0 Å². The summed E-state index contributed by atoms with van der Waals surface area (Å²) in [5.41, 5.74) is 1.02. The number of aromatic nitrogens is 2. The van der Waals surface area contributed by atoms with Gasteiger partial charge in [0.15, 0.2) is 17.5 Å². The molecule has 0 spiro atoms. The number of benzene rings is 1. The molecule has 0 radical (unpaired) electrons. The van der Waals surface area contributed by atoms with Gasteiger partial charge in [0, 0.05) is 5.56 Å². The minimum Gasteiger partial charge on any atom is -0.328 e. The van der Waals surface area contributed by atoms with E-state index in [2.05, 4.69) is 14.7 Å². The summed E-state index contributed by atoms with van der Waals surface area (Å²) >= 11 is 0. The molecule has 0 saturated carbocycles. The van der Waals surface area contributed by atoms with Gasteiger partial charge in [0.05, 0.1) is 0 Å². The Morgan fingerprint density at radius 1 is 1.28 bits per heavy atom. The minimum atomic E-state index is -1.63. The second-order valence-electron chi connectivity index (χ2n) is 3.12. The van der Waals surface area contributed by atoms with Crippen LogP contribution in [0.5, 0.6) is 0 Å². The molecular formula is C9H4F3N3O3. The van der Waals surface area contributed by atoms with Crippen molar-refractivity contribution in [3.63, 3.8) is 0 Å². The molecule has 1 aromatic carbocycles. The molecule has 9 heteroatoms. The number of hydroxylamine groups is 1. The number of carbonyl (C=O) groups is 1. The van der Waals surface area contributed by atoms with Crippen LogP contribution in [-0.2, 0) is 0 Å². The van der Waals surface area contributed by atoms with Gasteiger partial charge in [-0.3, -0.25) is 10.0 Å². The molecule has 0 atom stereocenters. The number of halogens is 3. The first-order valence-electron chi connectivity index (χ1n) is 4.46. The molecule has 0 aliphatic carbocycles. The van der Waals surface area contributed by atoms with Crippen molar-refractivity contribution >= 4 is 5.91 Å². The second kappa shape index (κ2) is 4.45. The number of nitrogens with zero attached hydrogens (tertiary/aromatic N) is 2. The lowest BCUT2D eigenvalue weighted by Crippen LogP contribution is -2.18. The largest absolute Gasteiger partial charge is 0.333 e. The topological polar surface area (TPSA) is 88.2 Å². The number of amides is 1. The number of nitrogens with one attached hydrogen (secondary N) is 1. The quantitative estimate of drug-likeness (QED) is 0.481. The lowest BCUT2D eigenvalue weighted by Gasteiger charge is -1.97. The van der Waals surface area contributed by atoms with Gasteiger partial charge < -0.3 is 4.52 Å². The smallest absolute Gasteiger partial charge is 0.328 e. The molecular weight excluding hydrogens is 255 g/mol. The van der Waals surface area contributed by atoms with Crippen LogP contribution < -0.4 is 5.48 Å². The number of carbonyl (C=O) groups excluding carboxylic acids is 1. The molecule has 2 N–H and O–H groups in total. The van der Waals surface area contributed by atoms with Crippen LogP contribution >= 0.6 is 0 Å². The zero-order valence-corrected chi connectivity index (χ0v) is 8.45. The van der Waals surface area contributed by atoms with Crippen molar-refractivity contribution in [2.24, 2.45) is 0 Å². The van der Waals surface area contributed by atoms with E-state index in [9.17, 15) is 18.0 Å². The molecule has 0 aliphatic rings. The maximum absolute atomic E-state index is 12.9. The van der Waals surface area contributed by atoms with Gasteiger partial charge in [0.2, 0.25) is 5.82 Å². The third-order valence-corrected chi connectivity index (χ3v) is 1.96. The normalized spacial score (nSPS) is 10.4. The molecule has 0 unspecified atom stereocenters. The Morgan fingerprint density at radius 2 is 1.89 bits per heavy atom. The van der Waals surface area contributed by atoms with Crippen molar-refractivity contribution in [2.75, 3.05) is 0 Å². The van der Waals surface area contributed by atoms with Gasteiger partial charge in [-0.1, -0.05) is 5.16 Å². The fourth-order valence-corrected chi connectivity index (χ4v) is 1.17. The molecule has 0 aliphatic heterocycles. The highest BCUT2D eigenvalue weighted by atomic mass is 19.2. The zero-order valence-electron chi connectivity index (χ0n) is 8.45. The Bertz CT molecular complexity index is 591. The third kappa shape index (κ3) is 2.02. The standard InChI is InChI=1S/C9H4F3N3O3/c10-4-1-3(2-5(11)6(4)12)7-13-9(18-15-7)8(16)14-17/h1-2,17H,(H,14,16). The first kappa shape index (κ1) is 12.0. The molecule has 0 bridgehead atoms. The monoisotopic (exact) mass is 259 g/mol. The summed E-state index contributed by atoms with van der Waals surface area (Å²) in [6.45, 7) is 0. The van der Waals surface area contributed by atoms with Crippen LogP contribution in [0, 0.1) is 17.5 Å². The minimum absolute atomic E-state index is 0.216. The fourth-order valence-electron chi connectivity index (χ4n) is 1.17. The van der Waals surface area contributed by atoms with E-state index in [1.165, 1.54) is 5.48 Å². The summed E-state index contributed by atoms with van der Waals surface area (Å²) in [6, 6.07) is 1.29. The van der Waals surface area contributed by atoms with E-state index in [1.807, 2.05) is 0 Å². The molecule has 0 fully saturated rings. The summed E-state index contributed by atoms with van der Waals surface area (Å²) in [7, 11) is 0. The summed E-state index contributed by atoms with van der Waals surface area (Å²) < 4.78 is 43.0. The highest BCUT2D eigenvalue weighted by molar-refractivity contribution is 5.88. The average Bonchev–Trinajstić information content (AvgIpc) is 2.84. The average molecular weight is 259 g/mol. The van der Waals surface area contributed by atoms with Crippen LogP contribution in [0.4, 0.5) is 13.2 Å². The lowest BCUT2D eigenvalue weighted by molar-refractivity contribution is 0.0659. The number of hydrogen-bond donors (Lipinski definition) is 2. The Labute approximate surface area is 97.0 Å². The van der Waals surface area contributed by atoms with Gasteiger partial charge in [-0.25, -0.2) is 18.7 Å². The van der Waals surface area contributed by atoms with E-state index in [4.69, 9.17) is 5.21 Å². The van der Waals surface area contributed by atoms with Gasteiger partial charge in [-0.2, -0.15) is 4.98 Å². The van der Waals surface area contributed by atoms with Crippen LogP contribution in [0.1, 0.15) is 10.7 Å². The predicted molar refractivity (Wildman–Crippen MR) is 48.9 cm³/mol. The van der Waals surface area contributed by atoms with E-state index in [-0.39, 0.29) is 11.4 Å². The van der Waals surface area contributed by atoms with E-state index < -0.39 is 29.2 Å². The molecule has 94 valence electrons. The van der Waals surface area contributed by atoms with Crippen molar-refractivity contribution in [1.82, 2.24) is 15.6 Å². The Kier molecular flexibility index (Phi) is 2.98. The number of rotatable bonds is 2. The Hall–Kier alpha value is -2.42. The fraction of sp³-hybridized carbons (Fsp3) is 0. The molecule has 1 heterocycles. The molecule has 6 nitrogen and oxygen atoms in total. The van der Waals surface area contributed by atoms with E-state index in [0.29, 0.717) is 12.1 Å². The van der Waals surface area contributed by atoms with Crippen molar-refractivity contribution in [3.05, 3.63) is 35.5 Å². The Balaban J connectivity index is 2.43. The Morgan fingerprint density at radius 3 is 2.44 bits per heavy atom. The van der Waals surface area contributed by atoms with Crippen LogP contribution in [-0.4, -0.2) is 21.3 Å². The first-order chi connectivity index (χ1) is 8.52. The maximum Gasteiger partial charge on any atom is 0.333 e. The lowest BCUT2D eigenvalue weighted by atomic mass is 10.2. The molecule has 2 rings (SSSR count). The van der Waals surface area contributed by atoms with Crippen LogP contribution in [0.25, 0.3) is 11.4 Å². The molecule has 1 amide bonds. The van der Waals surface area contributed by atoms with Crippen LogP contribution in [0.2, 0.25) is 0 Å².